The number of primary amides is 1. The molecule has 0 spiro atoms. The van der Waals surface area contributed by atoms with Crippen LogP contribution in [0.25, 0.3) is 0 Å². The first kappa shape index (κ1) is 22.3. The van der Waals surface area contributed by atoms with Crippen molar-refractivity contribution < 1.29 is 9.18 Å². The minimum Gasteiger partial charge on any atom is -0.369 e. The van der Waals surface area contributed by atoms with Gasteiger partial charge in [0.2, 0.25) is 11.9 Å². The van der Waals surface area contributed by atoms with Crippen molar-refractivity contribution in [3.63, 3.8) is 0 Å². The van der Waals surface area contributed by atoms with E-state index in [2.05, 4.69) is 56.5 Å². The molecular weight excluding hydrogens is 409 g/mol. The molecule has 1 saturated carbocycles. The van der Waals surface area contributed by atoms with Gasteiger partial charge in [-0.05, 0) is 50.6 Å². The molecule has 1 aromatic heterocycles. The molecule has 1 aliphatic heterocycles. The summed E-state index contributed by atoms with van der Waals surface area (Å²) in [5, 5.41) is 6.27. The number of amides is 1. The number of rotatable bonds is 6. The number of carbonyl (C=O) groups is 1. The lowest BCUT2D eigenvalue weighted by atomic mass is 9.84. The van der Waals surface area contributed by atoms with Crippen LogP contribution < -0.4 is 21.3 Å². The van der Waals surface area contributed by atoms with Gasteiger partial charge in [0.15, 0.2) is 11.6 Å². The van der Waals surface area contributed by atoms with Crippen molar-refractivity contribution >= 4 is 29.0 Å². The van der Waals surface area contributed by atoms with E-state index in [0.29, 0.717) is 12.4 Å². The predicted octanol–water partition coefficient (Wildman–Crippen LogP) is 2.88. The number of halogens is 1. The smallest absolute Gasteiger partial charge is 0.229 e. The number of nitrogens with one attached hydrogen (secondary N) is 2. The molecule has 1 saturated heterocycles. The zero-order valence-electron chi connectivity index (χ0n) is 18.8. The van der Waals surface area contributed by atoms with Gasteiger partial charge in [-0.2, -0.15) is 4.98 Å². The van der Waals surface area contributed by atoms with E-state index in [1.54, 1.807) is 0 Å². The van der Waals surface area contributed by atoms with Crippen molar-refractivity contribution in [3.8, 4) is 0 Å². The third-order valence-corrected chi connectivity index (χ3v) is 6.49. The molecule has 172 valence electrons. The Labute approximate surface area is 188 Å². The highest BCUT2D eigenvalue weighted by molar-refractivity contribution is 5.78. The largest absolute Gasteiger partial charge is 0.369 e. The van der Waals surface area contributed by atoms with Gasteiger partial charge in [-0.25, -0.2) is 9.37 Å². The first-order chi connectivity index (χ1) is 15.4. The number of likely N-dealkylation sites (N-methyl/N-ethyl adjacent to an activating group) is 1. The van der Waals surface area contributed by atoms with Crippen LogP contribution in [0, 0.1) is 18.7 Å². The van der Waals surface area contributed by atoms with Gasteiger partial charge in [-0.1, -0.05) is 12.8 Å². The van der Waals surface area contributed by atoms with Gasteiger partial charge in [0, 0.05) is 43.6 Å². The SMILES string of the molecule is Cc1cc(Nc2ncc(F)c(N[C@@H]3CCCC[C@@H]3C(N)=O)n2)ccc1N1CCN(C)CC1. The molecule has 8 nitrogen and oxygen atoms in total. The van der Waals surface area contributed by atoms with Crippen LogP contribution in [0.5, 0.6) is 0 Å². The number of nitrogens with two attached hydrogens (primary N) is 1. The van der Waals surface area contributed by atoms with Crippen molar-refractivity contribution in [2.24, 2.45) is 11.7 Å². The van der Waals surface area contributed by atoms with E-state index < -0.39 is 5.82 Å². The Morgan fingerprint density at radius 2 is 1.94 bits per heavy atom. The Balaban J connectivity index is 1.47. The van der Waals surface area contributed by atoms with Crippen molar-refractivity contribution in [2.75, 3.05) is 48.8 Å². The highest BCUT2D eigenvalue weighted by Gasteiger charge is 2.30. The maximum absolute atomic E-state index is 14.4. The zero-order chi connectivity index (χ0) is 22.7. The number of aryl methyl sites for hydroxylation is 1. The summed E-state index contributed by atoms with van der Waals surface area (Å²) in [6, 6.07) is 5.93. The second-order valence-corrected chi connectivity index (χ2v) is 8.85. The van der Waals surface area contributed by atoms with Gasteiger partial charge in [0.05, 0.1) is 12.1 Å². The minimum atomic E-state index is -0.550. The maximum Gasteiger partial charge on any atom is 0.229 e. The summed E-state index contributed by atoms with van der Waals surface area (Å²) in [5.41, 5.74) is 8.77. The quantitative estimate of drug-likeness (QED) is 0.634. The molecule has 1 aromatic carbocycles. The second kappa shape index (κ2) is 9.68. The average molecular weight is 442 g/mol. The van der Waals surface area contributed by atoms with Gasteiger partial charge >= 0.3 is 0 Å². The van der Waals surface area contributed by atoms with Crippen LogP contribution in [0.15, 0.2) is 24.4 Å². The van der Waals surface area contributed by atoms with Gasteiger partial charge in [-0.15, -0.1) is 0 Å². The monoisotopic (exact) mass is 441 g/mol. The molecule has 0 unspecified atom stereocenters. The molecule has 9 heteroatoms. The molecule has 2 fully saturated rings. The van der Waals surface area contributed by atoms with E-state index in [1.165, 1.54) is 5.69 Å². The van der Waals surface area contributed by atoms with Crippen LogP contribution in [0.2, 0.25) is 0 Å². The fourth-order valence-electron chi connectivity index (χ4n) is 4.61. The Hall–Kier alpha value is -2.94. The molecule has 4 rings (SSSR count). The molecule has 2 aliphatic rings. The van der Waals surface area contributed by atoms with Crippen LogP contribution in [-0.2, 0) is 4.79 Å². The zero-order valence-corrected chi connectivity index (χ0v) is 18.8. The Morgan fingerprint density at radius 1 is 1.19 bits per heavy atom. The molecular formula is C23H32FN7O. The van der Waals surface area contributed by atoms with Gasteiger partial charge in [0.1, 0.15) is 0 Å². The number of carbonyl (C=O) groups excluding carboxylic acids is 1. The van der Waals surface area contributed by atoms with E-state index in [0.717, 1.165) is 62.9 Å². The highest BCUT2D eigenvalue weighted by Crippen LogP contribution is 2.29. The number of nitrogens with zero attached hydrogens (tertiary/aromatic N) is 4. The van der Waals surface area contributed by atoms with Gasteiger partial charge in [0.25, 0.3) is 0 Å². The van der Waals surface area contributed by atoms with Crippen LogP contribution in [0.1, 0.15) is 31.2 Å². The first-order valence-corrected chi connectivity index (χ1v) is 11.3. The molecule has 0 bridgehead atoms. The molecule has 1 amide bonds. The number of benzene rings is 1. The highest BCUT2D eigenvalue weighted by atomic mass is 19.1. The van der Waals surface area contributed by atoms with Crippen LogP contribution in [0.3, 0.4) is 0 Å². The number of anilines is 4. The number of piperazine rings is 1. The van der Waals surface area contributed by atoms with Gasteiger partial charge < -0.3 is 26.2 Å². The molecule has 1 aliphatic carbocycles. The third-order valence-electron chi connectivity index (χ3n) is 6.49. The van der Waals surface area contributed by atoms with Crippen molar-refractivity contribution in [2.45, 2.75) is 38.6 Å². The van der Waals surface area contributed by atoms with Crippen LogP contribution in [0.4, 0.5) is 27.5 Å². The summed E-state index contributed by atoms with van der Waals surface area (Å²) in [6.07, 6.45) is 4.54. The third kappa shape index (κ3) is 5.09. The van der Waals surface area contributed by atoms with E-state index in [4.69, 9.17) is 5.73 Å². The Bertz CT molecular complexity index is 961. The summed E-state index contributed by atoms with van der Waals surface area (Å²) in [5.74, 6) is -0.838. The second-order valence-electron chi connectivity index (χ2n) is 8.85. The average Bonchev–Trinajstić information content (AvgIpc) is 2.77. The fourth-order valence-corrected chi connectivity index (χ4v) is 4.61. The van der Waals surface area contributed by atoms with E-state index >= 15 is 0 Å². The standard InChI is InChI=1S/C23H32FN7O/c1-15-13-16(7-8-20(15)31-11-9-30(2)10-12-31)27-23-26-14-18(24)22(29-23)28-19-6-4-3-5-17(19)21(25)32/h7-8,13-14,17,19H,3-6,9-12H2,1-2H3,(H2,25,32)(H2,26,27,28,29)/t17-,19+/m0/s1. The topological polar surface area (TPSA) is 99.4 Å². The van der Waals surface area contributed by atoms with E-state index in [9.17, 15) is 9.18 Å². The lowest BCUT2D eigenvalue weighted by molar-refractivity contribution is -0.122. The number of hydrogen-bond donors (Lipinski definition) is 3. The summed E-state index contributed by atoms with van der Waals surface area (Å²) >= 11 is 0. The van der Waals surface area contributed by atoms with Crippen molar-refractivity contribution in [3.05, 3.63) is 35.8 Å². The lowest BCUT2D eigenvalue weighted by Crippen LogP contribution is -2.44. The molecule has 0 radical (unpaired) electrons. The van der Waals surface area contributed by atoms with E-state index in [1.807, 2.05) is 6.07 Å². The Morgan fingerprint density at radius 3 is 2.66 bits per heavy atom. The molecule has 32 heavy (non-hydrogen) atoms. The fraction of sp³-hybridized carbons (Fsp3) is 0.522. The van der Waals surface area contributed by atoms with Gasteiger partial charge in [-0.3, -0.25) is 4.79 Å². The summed E-state index contributed by atoms with van der Waals surface area (Å²) < 4.78 is 14.4. The lowest BCUT2D eigenvalue weighted by Gasteiger charge is -2.35. The van der Waals surface area contributed by atoms with E-state index in [-0.39, 0.29) is 23.7 Å². The van der Waals surface area contributed by atoms with Crippen molar-refractivity contribution in [1.29, 1.82) is 0 Å². The molecule has 4 N–H and O–H groups in total. The summed E-state index contributed by atoms with van der Waals surface area (Å²) in [6.45, 7) is 6.21. The maximum atomic E-state index is 14.4. The summed E-state index contributed by atoms with van der Waals surface area (Å²) in [7, 11) is 2.14. The number of hydrogen-bond acceptors (Lipinski definition) is 7. The van der Waals surface area contributed by atoms with Crippen LogP contribution in [-0.4, -0.2) is 60.0 Å². The molecule has 2 heterocycles. The predicted molar refractivity (Wildman–Crippen MR) is 125 cm³/mol. The minimum absolute atomic E-state index is 0.0893. The first-order valence-electron chi connectivity index (χ1n) is 11.3. The van der Waals surface area contributed by atoms with Crippen LogP contribution >= 0.6 is 0 Å². The number of aromatic nitrogens is 2. The molecule has 2 aromatic rings. The summed E-state index contributed by atoms with van der Waals surface area (Å²) in [4.78, 5) is 24.9. The van der Waals surface area contributed by atoms with Crippen molar-refractivity contribution in [1.82, 2.24) is 14.9 Å². The normalized spacial score (nSPS) is 21.9. The molecule has 2 atom stereocenters. The Kier molecular flexibility index (Phi) is 6.74.